The second-order valence-corrected chi connectivity index (χ2v) is 5.68. The van der Waals surface area contributed by atoms with E-state index < -0.39 is 0 Å². The third-order valence-electron chi connectivity index (χ3n) is 3.71. The summed E-state index contributed by atoms with van der Waals surface area (Å²) in [5.74, 6) is 0.0171. The molecule has 0 aliphatic carbocycles. The zero-order valence-corrected chi connectivity index (χ0v) is 12.7. The number of morpholine rings is 1. The van der Waals surface area contributed by atoms with E-state index in [-0.39, 0.29) is 29.4 Å². The number of ether oxygens (including phenoxy) is 1. The minimum Gasteiger partial charge on any atom is -0.506 e. The first kappa shape index (κ1) is 14.9. The zero-order chi connectivity index (χ0) is 15.5. The molecule has 3 rings (SSSR count). The summed E-state index contributed by atoms with van der Waals surface area (Å²) < 4.78 is 5.61. The maximum Gasteiger partial charge on any atom is 0.249 e. The number of phenols is 1. The predicted octanol–water partition coefficient (Wildman–Crippen LogP) is 3.15. The van der Waals surface area contributed by atoms with E-state index in [1.54, 1.807) is 23.1 Å². The Morgan fingerprint density at radius 3 is 2.73 bits per heavy atom. The average molecular weight is 318 g/mol. The van der Waals surface area contributed by atoms with Gasteiger partial charge in [0.2, 0.25) is 5.91 Å². The lowest BCUT2D eigenvalue weighted by Gasteiger charge is -2.33. The third kappa shape index (κ3) is 3.24. The lowest BCUT2D eigenvalue weighted by molar-refractivity contribution is -0.150. The Balaban J connectivity index is 1.75. The van der Waals surface area contributed by atoms with Crippen molar-refractivity contribution in [3.63, 3.8) is 0 Å². The van der Waals surface area contributed by atoms with Gasteiger partial charge in [0, 0.05) is 6.54 Å². The first-order valence-electron chi connectivity index (χ1n) is 7.05. The summed E-state index contributed by atoms with van der Waals surface area (Å²) in [6.07, 6.45) is -0.237. The van der Waals surface area contributed by atoms with Gasteiger partial charge in [0.15, 0.2) is 0 Å². The van der Waals surface area contributed by atoms with Crippen molar-refractivity contribution in [2.45, 2.75) is 12.6 Å². The molecule has 1 fully saturated rings. The van der Waals surface area contributed by atoms with Gasteiger partial charge in [-0.2, -0.15) is 0 Å². The van der Waals surface area contributed by atoms with Gasteiger partial charge in [-0.05, 0) is 23.3 Å². The van der Waals surface area contributed by atoms with Crippen LogP contribution in [0.2, 0.25) is 5.02 Å². The maximum atomic E-state index is 12.0. The summed E-state index contributed by atoms with van der Waals surface area (Å²) in [7, 11) is 0. The van der Waals surface area contributed by atoms with Gasteiger partial charge in [-0.3, -0.25) is 4.79 Å². The van der Waals surface area contributed by atoms with E-state index in [1.807, 2.05) is 30.3 Å². The molecule has 0 spiro atoms. The van der Waals surface area contributed by atoms with E-state index in [4.69, 9.17) is 16.3 Å². The number of carbonyl (C=O) groups is 1. The number of rotatable bonds is 3. The van der Waals surface area contributed by atoms with Crippen molar-refractivity contribution in [1.29, 1.82) is 0 Å². The lowest BCUT2D eigenvalue weighted by Crippen LogP contribution is -2.42. The van der Waals surface area contributed by atoms with Crippen molar-refractivity contribution in [2.75, 3.05) is 13.2 Å². The quantitative estimate of drug-likeness (QED) is 0.946. The molecule has 1 atom stereocenters. The van der Waals surface area contributed by atoms with Gasteiger partial charge < -0.3 is 14.7 Å². The van der Waals surface area contributed by atoms with Crippen LogP contribution in [0.1, 0.15) is 17.2 Å². The fraction of sp³-hybridized carbons (Fsp3) is 0.235. The molecule has 1 aliphatic heterocycles. The summed E-state index contributed by atoms with van der Waals surface area (Å²) in [4.78, 5) is 13.8. The highest BCUT2D eigenvalue weighted by Crippen LogP contribution is 2.30. The molecule has 0 radical (unpaired) electrons. The number of aromatic hydroxyl groups is 1. The number of carbonyl (C=O) groups excluding carboxylic acids is 1. The second kappa shape index (κ2) is 6.38. The molecule has 22 heavy (non-hydrogen) atoms. The smallest absolute Gasteiger partial charge is 0.249 e. The highest BCUT2D eigenvalue weighted by Gasteiger charge is 2.27. The Kier molecular flexibility index (Phi) is 4.32. The highest BCUT2D eigenvalue weighted by atomic mass is 35.5. The van der Waals surface area contributed by atoms with Crippen LogP contribution in [0.4, 0.5) is 0 Å². The molecular weight excluding hydrogens is 302 g/mol. The average Bonchev–Trinajstić information content (AvgIpc) is 2.53. The summed E-state index contributed by atoms with van der Waals surface area (Å²) in [6, 6.07) is 14.8. The summed E-state index contributed by atoms with van der Waals surface area (Å²) in [6.45, 7) is 1.08. The number of phenolic OH excluding ortho intramolecular Hbond substituents is 1. The Morgan fingerprint density at radius 1 is 1.23 bits per heavy atom. The fourth-order valence-electron chi connectivity index (χ4n) is 2.50. The van der Waals surface area contributed by atoms with Gasteiger partial charge in [0.1, 0.15) is 18.5 Å². The SMILES string of the molecule is O=C1CO[C@H](c2ccc(O)c(Cl)c2)CN1Cc1ccccc1. The molecule has 1 N–H and O–H groups in total. The fourth-order valence-corrected chi connectivity index (χ4v) is 2.69. The van der Waals surface area contributed by atoms with Crippen molar-refractivity contribution in [1.82, 2.24) is 4.90 Å². The minimum absolute atomic E-state index is 0.0232. The van der Waals surface area contributed by atoms with Gasteiger partial charge in [0.25, 0.3) is 0 Å². The molecule has 2 aromatic carbocycles. The minimum atomic E-state index is -0.237. The molecule has 114 valence electrons. The largest absolute Gasteiger partial charge is 0.506 e. The predicted molar refractivity (Wildman–Crippen MR) is 83.7 cm³/mol. The molecule has 1 aliphatic rings. The first-order chi connectivity index (χ1) is 10.6. The van der Waals surface area contributed by atoms with Crippen LogP contribution in [0.5, 0.6) is 5.75 Å². The number of amides is 1. The topological polar surface area (TPSA) is 49.8 Å². The normalized spacial score (nSPS) is 18.5. The van der Waals surface area contributed by atoms with Crippen molar-refractivity contribution in [2.24, 2.45) is 0 Å². The zero-order valence-electron chi connectivity index (χ0n) is 11.9. The molecule has 4 nitrogen and oxygen atoms in total. The molecule has 2 aromatic rings. The summed E-state index contributed by atoms with van der Waals surface area (Å²) in [5, 5.41) is 9.78. The lowest BCUT2D eigenvalue weighted by atomic mass is 10.1. The molecule has 1 heterocycles. The number of hydrogen-bond acceptors (Lipinski definition) is 3. The number of nitrogens with zero attached hydrogens (tertiary/aromatic N) is 1. The van der Waals surface area contributed by atoms with Crippen LogP contribution in [-0.2, 0) is 16.1 Å². The van der Waals surface area contributed by atoms with E-state index in [1.165, 1.54) is 0 Å². The van der Waals surface area contributed by atoms with Gasteiger partial charge in [-0.1, -0.05) is 48.0 Å². The van der Waals surface area contributed by atoms with E-state index in [0.29, 0.717) is 13.1 Å². The molecule has 0 bridgehead atoms. The van der Waals surface area contributed by atoms with Crippen LogP contribution in [0.3, 0.4) is 0 Å². The number of halogens is 1. The van der Waals surface area contributed by atoms with Crippen molar-refractivity contribution < 1.29 is 14.6 Å². The first-order valence-corrected chi connectivity index (χ1v) is 7.43. The van der Waals surface area contributed by atoms with Crippen LogP contribution in [0, 0.1) is 0 Å². The molecule has 0 unspecified atom stereocenters. The van der Waals surface area contributed by atoms with Crippen LogP contribution in [0.15, 0.2) is 48.5 Å². The van der Waals surface area contributed by atoms with Crippen LogP contribution in [-0.4, -0.2) is 29.1 Å². The van der Waals surface area contributed by atoms with Crippen LogP contribution < -0.4 is 0 Å². The number of hydrogen-bond donors (Lipinski definition) is 1. The van der Waals surface area contributed by atoms with Crippen molar-refractivity contribution >= 4 is 17.5 Å². The Morgan fingerprint density at radius 2 is 2.00 bits per heavy atom. The third-order valence-corrected chi connectivity index (χ3v) is 4.01. The van der Waals surface area contributed by atoms with E-state index in [2.05, 4.69) is 0 Å². The van der Waals surface area contributed by atoms with Gasteiger partial charge in [-0.25, -0.2) is 0 Å². The Bertz CT molecular complexity index is 675. The van der Waals surface area contributed by atoms with Gasteiger partial charge in [0.05, 0.1) is 11.6 Å². The van der Waals surface area contributed by atoms with Crippen molar-refractivity contribution in [3.05, 3.63) is 64.7 Å². The van der Waals surface area contributed by atoms with Gasteiger partial charge in [-0.15, -0.1) is 0 Å². The van der Waals surface area contributed by atoms with E-state index in [0.717, 1.165) is 11.1 Å². The highest BCUT2D eigenvalue weighted by molar-refractivity contribution is 6.32. The molecule has 1 saturated heterocycles. The Hall–Kier alpha value is -2.04. The molecule has 1 amide bonds. The summed E-state index contributed by atoms with van der Waals surface area (Å²) in [5.41, 5.74) is 1.94. The molecule has 5 heteroatoms. The molecule has 0 saturated carbocycles. The van der Waals surface area contributed by atoms with Crippen LogP contribution >= 0.6 is 11.6 Å². The standard InChI is InChI=1S/C17H16ClNO3/c18-14-8-13(6-7-15(14)20)16-10-19(17(21)11-22-16)9-12-4-2-1-3-5-12/h1-8,16,20H,9-11H2/t16-/m0/s1. The monoisotopic (exact) mass is 317 g/mol. The van der Waals surface area contributed by atoms with Crippen LogP contribution in [0.25, 0.3) is 0 Å². The Labute approximate surface area is 133 Å². The molecule has 0 aromatic heterocycles. The summed E-state index contributed by atoms with van der Waals surface area (Å²) >= 11 is 5.94. The number of benzene rings is 2. The molecular formula is C17H16ClNO3. The van der Waals surface area contributed by atoms with E-state index in [9.17, 15) is 9.90 Å². The van der Waals surface area contributed by atoms with E-state index >= 15 is 0 Å². The van der Waals surface area contributed by atoms with Gasteiger partial charge >= 0.3 is 0 Å². The van der Waals surface area contributed by atoms with Crippen molar-refractivity contribution in [3.8, 4) is 5.75 Å². The maximum absolute atomic E-state index is 12.0. The second-order valence-electron chi connectivity index (χ2n) is 5.27.